The molecule has 0 N–H and O–H groups in total. The fraction of sp³-hybridized carbons (Fsp3) is 0.720. The van der Waals surface area contributed by atoms with Crippen LogP contribution in [-0.2, 0) is 24.1 Å². The number of ether oxygens (including phenoxy) is 1. The van der Waals surface area contributed by atoms with E-state index in [0.717, 1.165) is 69.5 Å². The van der Waals surface area contributed by atoms with Crippen LogP contribution in [0.15, 0.2) is 10.6 Å². The van der Waals surface area contributed by atoms with Crippen LogP contribution in [0.1, 0.15) is 67.5 Å². The van der Waals surface area contributed by atoms with Gasteiger partial charge in [-0.15, -0.1) is 0 Å². The van der Waals surface area contributed by atoms with E-state index in [4.69, 9.17) is 9.26 Å². The zero-order valence-corrected chi connectivity index (χ0v) is 21.0. The van der Waals surface area contributed by atoms with E-state index in [9.17, 15) is 13.6 Å². The maximum absolute atomic E-state index is 13.0. The van der Waals surface area contributed by atoms with Crippen LogP contribution in [0.25, 0.3) is 0 Å². The molecule has 1 aliphatic heterocycles. The van der Waals surface area contributed by atoms with Gasteiger partial charge >= 0.3 is 0 Å². The van der Waals surface area contributed by atoms with Crippen molar-refractivity contribution in [2.45, 2.75) is 77.6 Å². The monoisotopic (exact) mass is 495 g/mol. The Morgan fingerprint density at radius 3 is 2.68 bits per heavy atom. The molecule has 2 aliphatic rings. The Labute approximate surface area is 204 Å². The minimum atomic E-state index is -2.84. The lowest BCUT2D eigenvalue weighted by atomic mass is 9.78. The zero-order chi connectivity index (χ0) is 24.1. The highest BCUT2D eigenvalue weighted by atomic mass is 32.1. The number of carbonyl (C=O) groups is 1. The zero-order valence-electron chi connectivity index (χ0n) is 20.2. The van der Waals surface area contributed by atoms with Crippen molar-refractivity contribution in [1.82, 2.24) is 15.0 Å². The lowest BCUT2D eigenvalue weighted by Gasteiger charge is -2.30. The summed E-state index contributed by atoms with van der Waals surface area (Å²) in [6.45, 7) is 5.11. The largest absolute Gasteiger partial charge is 0.464 e. The molecule has 0 radical (unpaired) electrons. The summed E-state index contributed by atoms with van der Waals surface area (Å²) < 4.78 is 36.4. The van der Waals surface area contributed by atoms with Gasteiger partial charge in [-0.2, -0.15) is 0 Å². The van der Waals surface area contributed by atoms with Gasteiger partial charge in [0.25, 0.3) is 11.1 Å². The van der Waals surface area contributed by atoms with Gasteiger partial charge in [0.2, 0.25) is 0 Å². The van der Waals surface area contributed by atoms with Gasteiger partial charge in [0.05, 0.1) is 17.8 Å². The first-order valence-corrected chi connectivity index (χ1v) is 13.2. The van der Waals surface area contributed by atoms with Crippen molar-refractivity contribution in [1.29, 1.82) is 0 Å². The predicted molar refractivity (Wildman–Crippen MR) is 127 cm³/mol. The van der Waals surface area contributed by atoms with Gasteiger partial charge in [0, 0.05) is 43.8 Å². The molecule has 0 bridgehead atoms. The molecule has 2 aromatic rings. The molecule has 9 heteroatoms. The number of nitrogens with zero attached hydrogens (tertiary/aromatic N) is 3. The Balaban J connectivity index is 1.13. The summed E-state index contributed by atoms with van der Waals surface area (Å²) in [5.41, 5.74) is 1.82. The molecule has 0 saturated heterocycles. The summed E-state index contributed by atoms with van der Waals surface area (Å²) in [4.78, 5) is 20.5. The highest BCUT2D eigenvalue weighted by Gasteiger charge is 2.26. The average Bonchev–Trinajstić information content (AvgIpc) is 3.32. The Bertz CT molecular complexity index is 922. The van der Waals surface area contributed by atoms with E-state index in [0.29, 0.717) is 29.7 Å². The van der Waals surface area contributed by atoms with Gasteiger partial charge < -0.3 is 14.2 Å². The molecule has 0 aromatic carbocycles. The summed E-state index contributed by atoms with van der Waals surface area (Å²) in [6, 6.07) is 1.84. The minimum absolute atomic E-state index is 0.252. The van der Waals surface area contributed by atoms with Gasteiger partial charge in [-0.1, -0.05) is 29.3 Å². The fourth-order valence-corrected chi connectivity index (χ4v) is 5.98. The molecule has 4 rings (SSSR count). The van der Waals surface area contributed by atoms with Crippen LogP contribution in [0.2, 0.25) is 0 Å². The molecule has 0 atom stereocenters. The molecule has 1 fully saturated rings. The lowest BCUT2D eigenvalue weighted by Crippen LogP contribution is -2.30. The number of alkyl halides is 2. The third kappa shape index (κ3) is 7.57. The van der Waals surface area contributed by atoms with Crippen molar-refractivity contribution in [2.24, 2.45) is 11.8 Å². The minimum Gasteiger partial charge on any atom is -0.464 e. The van der Waals surface area contributed by atoms with Crippen LogP contribution < -0.4 is 4.74 Å². The highest BCUT2D eigenvalue weighted by Crippen LogP contribution is 2.34. The topological polar surface area (TPSA) is 68.5 Å². The Morgan fingerprint density at radius 1 is 1.24 bits per heavy atom. The second-order valence-corrected chi connectivity index (χ2v) is 11.1. The Kier molecular flexibility index (Phi) is 8.34. The van der Waals surface area contributed by atoms with Crippen molar-refractivity contribution in [3.63, 3.8) is 0 Å². The van der Waals surface area contributed by atoms with E-state index in [1.54, 1.807) is 0 Å². The number of aryl methyl sites for hydroxylation is 1. The summed E-state index contributed by atoms with van der Waals surface area (Å²) in [6.07, 6.45) is 8.61. The quantitative estimate of drug-likeness (QED) is 0.447. The molecular formula is C25H35F2N3O3S. The average molecular weight is 496 g/mol. The number of halogens is 2. The van der Waals surface area contributed by atoms with Gasteiger partial charge in [0.15, 0.2) is 6.61 Å². The van der Waals surface area contributed by atoms with Gasteiger partial charge in [-0.3, -0.25) is 4.79 Å². The van der Waals surface area contributed by atoms with E-state index in [1.165, 1.54) is 35.5 Å². The summed E-state index contributed by atoms with van der Waals surface area (Å²) in [7, 11) is 0. The number of carbonyl (C=O) groups excluding carboxylic acids is 1. The maximum Gasteiger partial charge on any atom is 0.278 e. The molecule has 0 amide bonds. The fourth-order valence-electron chi connectivity index (χ4n) is 5.04. The van der Waals surface area contributed by atoms with Crippen LogP contribution in [-0.4, -0.2) is 53.0 Å². The summed E-state index contributed by atoms with van der Waals surface area (Å²) in [5.74, 6) is -0.691. The number of rotatable bonds is 10. The van der Waals surface area contributed by atoms with Crippen LogP contribution in [0.5, 0.6) is 5.19 Å². The van der Waals surface area contributed by atoms with Crippen LogP contribution in [0.3, 0.4) is 0 Å². The Morgan fingerprint density at radius 2 is 1.97 bits per heavy atom. The number of aromatic nitrogens is 2. The number of fused-ring (bicyclic) bond motifs is 1. The molecule has 188 valence electrons. The van der Waals surface area contributed by atoms with Gasteiger partial charge in [0.1, 0.15) is 11.5 Å². The highest BCUT2D eigenvalue weighted by molar-refractivity contribution is 7.13. The normalized spacial score (nSPS) is 21.8. The molecule has 1 saturated carbocycles. The molecule has 0 spiro atoms. The smallest absolute Gasteiger partial charge is 0.278 e. The molecule has 3 heterocycles. The van der Waals surface area contributed by atoms with Gasteiger partial charge in [-0.25, -0.2) is 13.8 Å². The van der Waals surface area contributed by atoms with Gasteiger partial charge in [-0.05, 0) is 51.0 Å². The van der Waals surface area contributed by atoms with E-state index < -0.39 is 12.5 Å². The molecule has 2 aromatic heterocycles. The standard InChI is InChI=1S/C25H35F2N3O3S/c1-17-13-21(33-29-17)15-20(31)14-19-5-3-18(4-6-19)7-10-30-11-8-22-23(9-12-30)34-24(28-22)32-16-25(2,26)27/h13,18-19H,3-12,14-16H2,1-2H3. The maximum atomic E-state index is 13.0. The third-order valence-electron chi connectivity index (χ3n) is 6.91. The number of thiazole rings is 1. The van der Waals surface area contributed by atoms with Crippen LogP contribution >= 0.6 is 11.3 Å². The van der Waals surface area contributed by atoms with Crippen molar-refractivity contribution in [3.8, 4) is 5.19 Å². The second-order valence-electron chi connectivity index (χ2n) is 10.1. The third-order valence-corrected chi connectivity index (χ3v) is 7.98. The van der Waals surface area contributed by atoms with E-state index in [2.05, 4.69) is 15.0 Å². The van der Waals surface area contributed by atoms with Crippen molar-refractivity contribution in [2.75, 3.05) is 26.2 Å². The van der Waals surface area contributed by atoms with Crippen molar-refractivity contribution < 1.29 is 22.8 Å². The number of hydrogen-bond donors (Lipinski definition) is 0. The van der Waals surface area contributed by atoms with E-state index in [1.807, 2.05) is 13.0 Å². The first-order valence-electron chi connectivity index (χ1n) is 12.4. The van der Waals surface area contributed by atoms with Crippen molar-refractivity contribution >= 4 is 17.1 Å². The number of hydrogen-bond acceptors (Lipinski definition) is 7. The molecule has 34 heavy (non-hydrogen) atoms. The van der Waals surface area contributed by atoms with Crippen LogP contribution in [0, 0.1) is 18.8 Å². The number of ketones is 1. The molecular weight excluding hydrogens is 460 g/mol. The van der Waals surface area contributed by atoms with Crippen molar-refractivity contribution in [3.05, 3.63) is 28.1 Å². The molecule has 0 unspecified atom stereocenters. The summed E-state index contributed by atoms with van der Waals surface area (Å²) >= 11 is 1.41. The first kappa shape index (κ1) is 25.2. The number of Topliss-reactive ketones (excluding diaryl/α,β-unsaturated/α-hetero) is 1. The van der Waals surface area contributed by atoms with E-state index in [-0.39, 0.29) is 5.78 Å². The summed E-state index contributed by atoms with van der Waals surface area (Å²) in [5, 5.41) is 4.22. The SMILES string of the molecule is Cc1cc(CC(=O)CC2CCC(CCN3CCc4nc(OCC(C)(F)F)sc4CC3)CC2)on1. The van der Waals surface area contributed by atoms with E-state index >= 15 is 0 Å². The second kappa shape index (κ2) is 11.2. The lowest BCUT2D eigenvalue weighted by molar-refractivity contribution is -0.119. The molecule has 6 nitrogen and oxygen atoms in total. The predicted octanol–water partition coefficient (Wildman–Crippen LogP) is 5.27. The van der Waals surface area contributed by atoms with Crippen LogP contribution in [0.4, 0.5) is 8.78 Å². The molecule has 1 aliphatic carbocycles. The first-order chi connectivity index (χ1) is 16.2. The Hall–Kier alpha value is -1.87.